The van der Waals surface area contributed by atoms with E-state index in [2.05, 4.69) is 27.4 Å². The van der Waals surface area contributed by atoms with Crippen molar-refractivity contribution in [1.29, 1.82) is 0 Å². The standard InChI is InChI=1S/C27H32N4O/c1-20-26(19-28-31(20)25-10-6-3-7-11-25)27(32)29-23-13-12-21-14-16-30(17-15-22(21)18-23)24-8-4-2-5-9-24/h3,6-7,10-13,18-19,24H,2,4-5,8-9,14-17H2,1H3,(H,29,32). The van der Waals surface area contributed by atoms with Crippen LogP contribution in [0.3, 0.4) is 0 Å². The van der Waals surface area contributed by atoms with Gasteiger partial charge in [0, 0.05) is 24.8 Å². The van der Waals surface area contributed by atoms with E-state index in [9.17, 15) is 4.79 Å². The lowest BCUT2D eigenvalue weighted by atomic mass is 9.94. The van der Waals surface area contributed by atoms with Gasteiger partial charge in [-0.3, -0.25) is 9.69 Å². The predicted molar refractivity (Wildman–Crippen MR) is 129 cm³/mol. The molecule has 5 nitrogen and oxygen atoms in total. The zero-order chi connectivity index (χ0) is 21.9. The molecule has 1 saturated carbocycles. The Balaban J connectivity index is 1.28. The fourth-order valence-corrected chi connectivity index (χ4v) is 5.29. The van der Waals surface area contributed by atoms with Crippen molar-refractivity contribution in [2.24, 2.45) is 0 Å². The Hall–Kier alpha value is -2.92. The number of amides is 1. The van der Waals surface area contributed by atoms with Crippen LogP contribution in [0.5, 0.6) is 0 Å². The molecule has 1 aliphatic heterocycles. The second-order valence-electron chi connectivity index (χ2n) is 9.16. The number of carbonyl (C=O) groups excluding carboxylic acids is 1. The summed E-state index contributed by atoms with van der Waals surface area (Å²) in [6, 6.07) is 17.1. The third-order valence-corrected chi connectivity index (χ3v) is 7.15. The molecule has 5 heteroatoms. The minimum Gasteiger partial charge on any atom is -0.322 e. The molecule has 2 aromatic carbocycles. The molecule has 1 aromatic heterocycles. The minimum absolute atomic E-state index is 0.109. The number of carbonyl (C=O) groups is 1. The molecule has 0 spiro atoms. The van der Waals surface area contributed by atoms with E-state index in [-0.39, 0.29) is 5.91 Å². The molecule has 0 radical (unpaired) electrons. The fraction of sp³-hybridized carbons (Fsp3) is 0.407. The molecule has 0 unspecified atom stereocenters. The number of nitrogens with one attached hydrogen (secondary N) is 1. The monoisotopic (exact) mass is 428 g/mol. The van der Waals surface area contributed by atoms with Crippen molar-refractivity contribution in [3.63, 3.8) is 0 Å². The van der Waals surface area contributed by atoms with Crippen molar-refractivity contribution >= 4 is 11.6 Å². The first-order chi connectivity index (χ1) is 15.7. The van der Waals surface area contributed by atoms with Crippen molar-refractivity contribution in [2.45, 2.75) is 57.9 Å². The number of hydrogen-bond donors (Lipinski definition) is 1. The van der Waals surface area contributed by atoms with Crippen molar-refractivity contribution in [3.8, 4) is 5.69 Å². The molecule has 1 amide bonds. The van der Waals surface area contributed by atoms with Gasteiger partial charge in [0.2, 0.25) is 0 Å². The van der Waals surface area contributed by atoms with E-state index in [0.717, 1.165) is 49.0 Å². The van der Waals surface area contributed by atoms with Gasteiger partial charge in [0.1, 0.15) is 0 Å². The number of nitrogens with zero attached hydrogens (tertiary/aromatic N) is 3. The van der Waals surface area contributed by atoms with Crippen LogP contribution < -0.4 is 5.32 Å². The molecule has 0 atom stereocenters. The van der Waals surface area contributed by atoms with E-state index >= 15 is 0 Å². The van der Waals surface area contributed by atoms with Gasteiger partial charge in [-0.05, 0) is 68.0 Å². The second-order valence-corrected chi connectivity index (χ2v) is 9.16. The summed E-state index contributed by atoms with van der Waals surface area (Å²) in [6.45, 7) is 4.21. The van der Waals surface area contributed by atoms with E-state index in [0.29, 0.717) is 5.56 Å². The highest BCUT2D eigenvalue weighted by molar-refractivity contribution is 6.05. The number of aromatic nitrogens is 2. The molecular formula is C27H32N4O. The molecule has 2 heterocycles. The molecule has 32 heavy (non-hydrogen) atoms. The zero-order valence-electron chi connectivity index (χ0n) is 18.9. The summed E-state index contributed by atoms with van der Waals surface area (Å²) in [5, 5.41) is 7.54. The molecule has 0 saturated heterocycles. The zero-order valence-corrected chi connectivity index (χ0v) is 18.9. The Morgan fingerprint density at radius 3 is 2.50 bits per heavy atom. The van der Waals surface area contributed by atoms with E-state index in [1.807, 2.05) is 48.0 Å². The highest BCUT2D eigenvalue weighted by atomic mass is 16.1. The van der Waals surface area contributed by atoms with Gasteiger partial charge in [0.25, 0.3) is 5.91 Å². The summed E-state index contributed by atoms with van der Waals surface area (Å²) in [5.74, 6) is -0.109. The van der Waals surface area contributed by atoms with Crippen molar-refractivity contribution < 1.29 is 4.79 Å². The first-order valence-corrected chi connectivity index (χ1v) is 12.0. The normalized spacial score (nSPS) is 17.5. The Kier molecular flexibility index (Phi) is 6.08. The summed E-state index contributed by atoms with van der Waals surface area (Å²) in [4.78, 5) is 15.7. The van der Waals surface area contributed by atoms with Crippen LogP contribution in [0, 0.1) is 6.92 Å². The maximum atomic E-state index is 13.0. The van der Waals surface area contributed by atoms with E-state index in [1.54, 1.807) is 6.20 Å². The Morgan fingerprint density at radius 2 is 1.72 bits per heavy atom. The largest absolute Gasteiger partial charge is 0.322 e. The molecule has 1 aliphatic carbocycles. The Labute approximate surface area is 190 Å². The van der Waals surface area contributed by atoms with Crippen molar-refractivity contribution in [1.82, 2.24) is 14.7 Å². The van der Waals surface area contributed by atoms with Crippen molar-refractivity contribution in [2.75, 3.05) is 18.4 Å². The van der Waals surface area contributed by atoms with Gasteiger partial charge in [-0.1, -0.05) is 43.5 Å². The van der Waals surface area contributed by atoms with E-state index < -0.39 is 0 Å². The first kappa shape index (κ1) is 21.0. The van der Waals surface area contributed by atoms with Gasteiger partial charge in [-0.15, -0.1) is 0 Å². The number of para-hydroxylation sites is 1. The first-order valence-electron chi connectivity index (χ1n) is 12.0. The van der Waals surface area contributed by atoms with Crippen molar-refractivity contribution in [3.05, 3.63) is 77.1 Å². The van der Waals surface area contributed by atoms with Crippen LogP contribution in [0.4, 0.5) is 5.69 Å². The topological polar surface area (TPSA) is 50.2 Å². The molecule has 0 bridgehead atoms. The summed E-state index contributed by atoms with van der Waals surface area (Å²) in [7, 11) is 0. The smallest absolute Gasteiger partial charge is 0.259 e. The summed E-state index contributed by atoms with van der Waals surface area (Å²) in [5.41, 5.74) is 6.06. The molecule has 1 N–H and O–H groups in total. The van der Waals surface area contributed by atoms with Crippen LogP contribution in [0.25, 0.3) is 5.69 Å². The lowest BCUT2D eigenvalue weighted by molar-refractivity contribution is 0.102. The predicted octanol–water partition coefficient (Wildman–Crippen LogP) is 5.17. The van der Waals surface area contributed by atoms with Crippen LogP contribution >= 0.6 is 0 Å². The maximum Gasteiger partial charge on any atom is 0.259 e. The van der Waals surface area contributed by atoms with Crippen LogP contribution in [-0.4, -0.2) is 39.7 Å². The van der Waals surface area contributed by atoms with Gasteiger partial charge < -0.3 is 5.32 Å². The molecule has 5 rings (SSSR count). The number of hydrogen-bond acceptors (Lipinski definition) is 3. The molecular weight excluding hydrogens is 396 g/mol. The van der Waals surface area contributed by atoms with Gasteiger partial charge >= 0.3 is 0 Å². The molecule has 3 aromatic rings. The second kappa shape index (κ2) is 9.29. The number of fused-ring (bicyclic) bond motifs is 1. The fourth-order valence-electron chi connectivity index (χ4n) is 5.29. The van der Waals surface area contributed by atoms with Crippen LogP contribution in [-0.2, 0) is 12.8 Å². The summed E-state index contributed by atoms with van der Waals surface area (Å²) < 4.78 is 1.81. The third-order valence-electron chi connectivity index (χ3n) is 7.15. The summed E-state index contributed by atoms with van der Waals surface area (Å²) in [6.07, 6.45) is 10.7. The quantitative estimate of drug-likeness (QED) is 0.624. The van der Waals surface area contributed by atoms with E-state index in [4.69, 9.17) is 0 Å². The average Bonchev–Trinajstić information content (AvgIpc) is 3.09. The molecule has 1 fully saturated rings. The number of benzene rings is 2. The highest BCUT2D eigenvalue weighted by Gasteiger charge is 2.23. The average molecular weight is 429 g/mol. The minimum atomic E-state index is -0.109. The lowest BCUT2D eigenvalue weighted by Crippen LogP contribution is -2.38. The number of anilines is 1. The van der Waals surface area contributed by atoms with Gasteiger partial charge in [-0.2, -0.15) is 5.10 Å². The Morgan fingerprint density at radius 1 is 0.969 bits per heavy atom. The van der Waals surface area contributed by atoms with Crippen LogP contribution in [0.2, 0.25) is 0 Å². The van der Waals surface area contributed by atoms with Gasteiger partial charge in [-0.25, -0.2) is 4.68 Å². The SMILES string of the molecule is Cc1c(C(=O)Nc2ccc3c(c2)CCN(C2CCCCC2)CC3)cnn1-c1ccccc1. The number of rotatable bonds is 4. The van der Waals surface area contributed by atoms with Crippen LogP contribution in [0.1, 0.15) is 59.3 Å². The maximum absolute atomic E-state index is 13.0. The molecule has 166 valence electrons. The van der Waals surface area contributed by atoms with Crippen LogP contribution in [0.15, 0.2) is 54.7 Å². The lowest BCUT2D eigenvalue weighted by Gasteiger charge is -2.33. The van der Waals surface area contributed by atoms with Gasteiger partial charge in [0.05, 0.1) is 23.1 Å². The highest BCUT2D eigenvalue weighted by Crippen LogP contribution is 2.27. The molecule has 2 aliphatic rings. The Bertz CT molecular complexity index is 1080. The summed E-state index contributed by atoms with van der Waals surface area (Å²) >= 11 is 0. The van der Waals surface area contributed by atoms with Gasteiger partial charge in [0.15, 0.2) is 0 Å². The third kappa shape index (κ3) is 4.35. The van der Waals surface area contributed by atoms with E-state index in [1.165, 1.54) is 43.2 Å².